The van der Waals surface area contributed by atoms with Crippen LogP contribution >= 0.6 is 12.2 Å². The molecule has 1 aromatic heterocycles. The van der Waals surface area contributed by atoms with Crippen molar-refractivity contribution in [3.63, 3.8) is 0 Å². The molecule has 3 aromatic rings. The first-order chi connectivity index (χ1) is 15.5. The van der Waals surface area contributed by atoms with Gasteiger partial charge in [-0.1, -0.05) is 24.3 Å². The Bertz CT molecular complexity index is 1150. The summed E-state index contributed by atoms with van der Waals surface area (Å²) in [5.41, 5.74) is 3.38. The van der Waals surface area contributed by atoms with Crippen molar-refractivity contribution in [2.45, 2.75) is 19.9 Å². The third kappa shape index (κ3) is 5.57. The van der Waals surface area contributed by atoms with Gasteiger partial charge in [-0.3, -0.25) is 4.79 Å². The maximum absolute atomic E-state index is 12.6. The molecule has 0 unspecified atom stereocenters. The van der Waals surface area contributed by atoms with Crippen LogP contribution in [-0.2, 0) is 13.0 Å². The Balaban J connectivity index is 1.67. The predicted octanol–water partition coefficient (Wildman–Crippen LogP) is 2.77. The quantitative estimate of drug-likeness (QED) is 0.428. The number of aromatic amines is 1. The molecule has 2 aromatic carbocycles. The van der Waals surface area contributed by atoms with Crippen LogP contribution in [-0.4, -0.2) is 54.0 Å². The van der Waals surface area contributed by atoms with Crippen molar-refractivity contribution in [1.29, 1.82) is 0 Å². The van der Waals surface area contributed by atoms with Gasteiger partial charge in [0.15, 0.2) is 16.6 Å². The molecular formula is C24H29N3O4S. The van der Waals surface area contributed by atoms with Gasteiger partial charge in [-0.15, -0.1) is 0 Å². The van der Waals surface area contributed by atoms with Gasteiger partial charge in [0.05, 0.1) is 32.9 Å². The van der Waals surface area contributed by atoms with E-state index in [1.54, 1.807) is 19.1 Å². The molecule has 0 aliphatic carbocycles. The third-order valence-corrected chi connectivity index (χ3v) is 5.72. The molecule has 0 spiro atoms. The van der Waals surface area contributed by atoms with Crippen LogP contribution in [0, 0.1) is 6.92 Å². The first kappa shape index (κ1) is 23.6. The van der Waals surface area contributed by atoms with Crippen LogP contribution in [0.2, 0.25) is 0 Å². The molecule has 0 aliphatic heterocycles. The third-order valence-electron chi connectivity index (χ3n) is 5.32. The van der Waals surface area contributed by atoms with Gasteiger partial charge in [-0.25, -0.2) is 0 Å². The number of nitrogens with zero attached hydrogens (tertiary/aromatic N) is 1. The molecule has 32 heavy (non-hydrogen) atoms. The smallest absolute Gasteiger partial charge is 0.253 e. The summed E-state index contributed by atoms with van der Waals surface area (Å²) in [7, 11) is 3.21. The molecule has 0 fully saturated rings. The van der Waals surface area contributed by atoms with E-state index in [0.717, 1.165) is 28.5 Å². The second-order valence-corrected chi connectivity index (χ2v) is 7.87. The Morgan fingerprint density at radius 3 is 2.66 bits per heavy atom. The fourth-order valence-corrected chi connectivity index (χ4v) is 3.84. The van der Waals surface area contributed by atoms with Crippen LogP contribution in [0.15, 0.2) is 47.3 Å². The number of methoxy groups -OCH3 is 2. The number of aliphatic hydroxyl groups is 1. The Kier molecular flexibility index (Phi) is 8.08. The largest absolute Gasteiger partial charge is 0.493 e. The van der Waals surface area contributed by atoms with Crippen molar-refractivity contribution in [2.24, 2.45) is 0 Å². The van der Waals surface area contributed by atoms with Gasteiger partial charge < -0.3 is 29.8 Å². The number of hydrogen-bond acceptors (Lipinski definition) is 5. The summed E-state index contributed by atoms with van der Waals surface area (Å²) in [5.74, 6) is 1.37. The van der Waals surface area contributed by atoms with E-state index >= 15 is 0 Å². The summed E-state index contributed by atoms with van der Waals surface area (Å²) >= 11 is 5.55. The number of pyridine rings is 1. The number of benzene rings is 2. The summed E-state index contributed by atoms with van der Waals surface area (Å²) < 4.78 is 10.6. The molecule has 3 N–H and O–H groups in total. The van der Waals surface area contributed by atoms with Gasteiger partial charge in [0.25, 0.3) is 5.56 Å². The van der Waals surface area contributed by atoms with Gasteiger partial charge >= 0.3 is 0 Å². The monoisotopic (exact) mass is 455 g/mol. The maximum Gasteiger partial charge on any atom is 0.253 e. The van der Waals surface area contributed by atoms with E-state index in [1.165, 1.54) is 0 Å². The highest BCUT2D eigenvalue weighted by molar-refractivity contribution is 7.80. The maximum atomic E-state index is 12.6. The molecule has 7 nitrogen and oxygen atoms in total. The minimum absolute atomic E-state index is 0.0674. The van der Waals surface area contributed by atoms with Gasteiger partial charge in [0.2, 0.25) is 0 Å². The van der Waals surface area contributed by atoms with Crippen molar-refractivity contribution in [1.82, 2.24) is 15.2 Å². The zero-order valence-electron chi connectivity index (χ0n) is 18.6. The summed E-state index contributed by atoms with van der Waals surface area (Å²) in [4.78, 5) is 17.4. The van der Waals surface area contributed by atoms with E-state index in [0.29, 0.717) is 41.8 Å². The molecule has 0 saturated heterocycles. The number of fused-ring (bicyclic) bond motifs is 1. The Labute approximate surface area is 193 Å². The van der Waals surface area contributed by atoms with Crippen LogP contribution in [0.4, 0.5) is 0 Å². The van der Waals surface area contributed by atoms with Crippen molar-refractivity contribution in [3.8, 4) is 11.5 Å². The highest BCUT2D eigenvalue weighted by Gasteiger charge is 2.13. The minimum Gasteiger partial charge on any atom is -0.493 e. The number of H-pyrrole nitrogens is 1. The number of aryl methyl sites for hydroxylation is 1. The average molecular weight is 456 g/mol. The number of nitrogens with one attached hydrogen (secondary N) is 2. The van der Waals surface area contributed by atoms with Crippen LogP contribution in [0.3, 0.4) is 0 Å². The molecule has 3 rings (SSSR count). The Morgan fingerprint density at radius 1 is 1.16 bits per heavy atom. The van der Waals surface area contributed by atoms with E-state index in [9.17, 15) is 9.90 Å². The fourth-order valence-electron chi connectivity index (χ4n) is 3.59. The minimum atomic E-state index is -0.150. The number of rotatable bonds is 9. The highest BCUT2D eigenvalue weighted by Crippen LogP contribution is 2.27. The lowest BCUT2D eigenvalue weighted by atomic mass is 10.1. The van der Waals surface area contributed by atoms with E-state index in [-0.39, 0.29) is 12.2 Å². The van der Waals surface area contributed by atoms with Gasteiger partial charge in [-0.2, -0.15) is 0 Å². The van der Waals surface area contributed by atoms with E-state index < -0.39 is 0 Å². The fraction of sp³-hybridized carbons (Fsp3) is 0.333. The van der Waals surface area contributed by atoms with Crippen LogP contribution in [0.1, 0.15) is 16.7 Å². The summed E-state index contributed by atoms with van der Waals surface area (Å²) in [6, 6.07) is 13.6. The zero-order valence-corrected chi connectivity index (χ0v) is 19.4. The molecular weight excluding hydrogens is 426 g/mol. The molecule has 0 radical (unpaired) electrons. The average Bonchev–Trinajstić information content (AvgIpc) is 2.79. The van der Waals surface area contributed by atoms with Crippen LogP contribution < -0.4 is 20.3 Å². The van der Waals surface area contributed by atoms with E-state index in [4.69, 9.17) is 21.7 Å². The first-order valence-corrected chi connectivity index (χ1v) is 10.8. The molecule has 0 saturated carbocycles. The first-order valence-electron chi connectivity index (χ1n) is 10.4. The summed E-state index contributed by atoms with van der Waals surface area (Å²) in [5, 5.41) is 14.2. The number of thiocarbonyl (C=S) groups is 1. The van der Waals surface area contributed by atoms with Crippen molar-refractivity contribution < 1.29 is 14.6 Å². The lowest BCUT2D eigenvalue weighted by Crippen LogP contribution is -2.42. The van der Waals surface area contributed by atoms with Crippen molar-refractivity contribution in [3.05, 3.63) is 69.5 Å². The lowest BCUT2D eigenvalue weighted by molar-refractivity contribution is 0.245. The Morgan fingerprint density at radius 2 is 1.94 bits per heavy atom. The number of aliphatic hydroxyl groups excluding tert-OH is 1. The zero-order chi connectivity index (χ0) is 23.1. The molecule has 8 heteroatoms. The summed E-state index contributed by atoms with van der Waals surface area (Å²) in [6.45, 7) is 3.13. The molecule has 0 bridgehead atoms. The molecule has 0 atom stereocenters. The van der Waals surface area contributed by atoms with Crippen molar-refractivity contribution >= 4 is 28.2 Å². The molecule has 0 aliphatic rings. The van der Waals surface area contributed by atoms with Gasteiger partial charge in [-0.05, 0) is 60.3 Å². The van der Waals surface area contributed by atoms with Gasteiger partial charge in [0, 0.05) is 18.7 Å². The van der Waals surface area contributed by atoms with Gasteiger partial charge in [0.1, 0.15) is 0 Å². The van der Waals surface area contributed by atoms with Crippen molar-refractivity contribution in [2.75, 3.05) is 33.9 Å². The van der Waals surface area contributed by atoms with E-state index in [2.05, 4.69) is 10.3 Å². The number of para-hydroxylation sites is 1. The molecule has 0 amide bonds. The Hall–Kier alpha value is -3.10. The predicted molar refractivity (Wildman–Crippen MR) is 131 cm³/mol. The number of ether oxygens (including phenoxy) is 2. The lowest BCUT2D eigenvalue weighted by Gasteiger charge is -2.25. The molecule has 1 heterocycles. The summed E-state index contributed by atoms with van der Waals surface area (Å²) in [6.07, 6.45) is 0.725. The standard InChI is InChI=1S/C24H29N3O4S/c1-16-5-4-6-18-14-19(23(29)26-22(16)18)15-27(11-12-28)24(32)25-10-9-17-7-8-20(30-2)21(13-17)31-3/h4-8,13-14,28H,9-12,15H2,1-3H3,(H,25,32)(H,26,29). The molecule has 170 valence electrons. The normalized spacial score (nSPS) is 10.8. The number of aromatic nitrogens is 1. The highest BCUT2D eigenvalue weighted by atomic mass is 32.1. The second kappa shape index (κ2) is 11.0. The second-order valence-electron chi connectivity index (χ2n) is 7.48. The number of hydrogen-bond donors (Lipinski definition) is 3. The topological polar surface area (TPSA) is 86.8 Å². The van der Waals surface area contributed by atoms with Crippen LogP contribution in [0.5, 0.6) is 11.5 Å². The van der Waals surface area contributed by atoms with Crippen LogP contribution in [0.25, 0.3) is 10.9 Å². The SMILES string of the molecule is COc1ccc(CCNC(=S)N(CCO)Cc2cc3cccc(C)c3[nH]c2=O)cc1OC. The van der Waals surface area contributed by atoms with E-state index in [1.807, 2.05) is 49.4 Å².